The number of halogens is 1. The highest BCUT2D eigenvalue weighted by molar-refractivity contribution is 9.10. The van der Waals surface area contributed by atoms with Crippen LogP contribution in [0.25, 0.3) is 0 Å². The van der Waals surface area contributed by atoms with Gasteiger partial charge in [0.15, 0.2) is 11.4 Å². The summed E-state index contributed by atoms with van der Waals surface area (Å²) in [5.74, 6) is -0.903. The van der Waals surface area contributed by atoms with Crippen molar-refractivity contribution < 1.29 is 14.6 Å². The number of hydrogen-bond acceptors (Lipinski definition) is 6. The minimum absolute atomic E-state index is 0.0345. The van der Waals surface area contributed by atoms with E-state index in [1.165, 1.54) is 31.0 Å². The van der Waals surface area contributed by atoms with Crippen LogP contribution in [0.5, 0.6) is 5.75 Å². The Hall–Kier alpha value is -1.72. The van der Waals surface area contributed by atoms with Gasteiger partial charge in [0.1, 0.15) is 11.3 Å². The van der Waals surface area contributed by atoms with E-state index < -0.39 is 5.97 Å². The number of rotatable bonds is 2. The van der Waals surface area contributed by atoms with Crippen LogP contribution in [0.3, 0.4) is 0 Å². The fraction of sp³-hybridized carbons (Fsp3) is 0.182. The number of aliphatic imine (C=N–C) groups is 1. The van der Waals surface area contributed by atoms with Crippen LogP contribution in [0, 0.1) is 11.5 Å². The number of thioether (sulfide) groups is 1. The first kappa shape index (κ1) is 15.3. The number of nitrogens with one attached hydrogen (secondary N) is 1. The van der Waals surface area contributed by atoms with Gasteiger partial charge in [0, 0.05) is 0 Å². The summed E-state index contributed by atoms with van der Waals surface area (Å²) in [6.45, 7) is 0. The lowest BCUT2D eigenvalue weighted by Gasteiger charge is -2.07. The van der Waals surface area contributed by atoms with Crippen LogP contribution >= 0.6 is 27.7 Å². The predicted molar refractivity (Wildman–Crippen MR) is 76.5 cm³/mol. The molecule has 0 bridgehead atoms. The summed E-state index contributed by atoms with van der Waals surface area (Å²) in [5.41, 5.74) is 0.421. The molecule has 0 saturated carbocycles. The number of amidine groups is 1. The zero-order valence-electron chi connectivity index (χ0n) is 10.1. The minimum atomic E-state index is -0.644. The zero-order valence-corrected chi connectivity index (χ0v) is 12.5. The second-order valence-corrected chi connectivity index (χ2v) is 4.73. The summed E-state index contributed by atoms with van der Waals surface area (Å²) in [6, 6.07) is 2.93. The highest BCUT2D eigenvalue weighted by Crippen LogP contribution is 2.37. The van der Waals surface area contributed by atoms with Crippen molar-refractivity contribution >= 4 is 44.5 Å². The molecule has 0 aliphatic carbocycles. The Kier molecular flexibility index (Phi) is 5.66. The molecule has 100 valence electrons. The number of aromatic hydroxyl groups is 1. The van der Waals surface area contributed by atoms with Gasteiger partial charge in [-0.3, -0.25) is 5.32 Å². The number of phenols is 1. The number of esters is 1. The van der Waals surface area contributed by atoms with Gasteiger partial charge in [-0.1, -0.05) is 11.8 Å². The van der Waals surface area contributed by atoms with Gasteiger partial charge in [-0.05, 0) is 34.3 Å². The number of nitrogens with zero attached hydrogens (tertiary/aromatic N) is 2. The predicted octanol–water partition coefficient (Wildman–Crippen LogP) is 2.36. The average Bonchev–Trinajstić information content (AvgIpc) is 2.42. The molecule has 0 heterocycles. The Balaban J connectivity index is 3.24. The Morgan fingerprint density at radius 1 is 1.63 bits per heavy atom. The monoisotopic (exact) mass is 343 g/mol. The van der Waals surface area contributed by atoms with E-state index in [9.17, 15) is 9.90 Å². The van der Waals surface area contributed by atoms with E-state index in [1.807, 2.05) is 0 Å². The Morgan fingerprint density at radius 3 is 2.84 bits per heavy atom. The third-order valence-electron chi connectivity index (χ3n) is 2.08. The lowest BCUT2D eigenvalue weighted by Crippen LogP contribution is -2.12. The van der Waals surface area contributed by atoms with E-state index in [0.29, 0.717) is 10.9 Å². The fourth-order valence-corrected chi connectivity index (χ4v) is 1.97. The van der Waals surface area contributed by atoms with Crippen molar-refractivity contribution in [2.75, 3.05) is 13.4 Å². The van der Waals surface area contributed by atoms with Crippen molar-refractivity contribution in [2.24, 2.45) is 4.99 Å². The molecule has 0 radical (unpaired) electrons. The maximum Gasteiger partial charge on any atom is 0.341 e. The molecule has 0 fully saturated rings. The van der Waals surface area contributed by atoms with Crippen LogP contribution in [0.4, 0.5) is 5.69 Å². The van der Waals surface area contributed by atoms with Crippen molar-refractivity contribution in [3.63, 3.8) is 0 Å². The number of phenolic OH excluding ortho intramolecular Hbond substituents is 1. The zero-order chi connectivity index (χ0) is 14.4. The number of nitriles is 1. The second kappa shape index (κ2) is 7.01. The van der Waals surface area contributed by atoms with Gasteiger partial charge >= 0.3 is 5.97 Å². The molecular formula is C11H10BrN3O3S. The lowest BCUT2D eigenvalue weighted by atomic mass is 10.2. The van der Waals surface area contributed by atoms with Gasteiger partial charge < -0.3 is 9.84 Å². The summed E-state index contributed by atoms with van der Waals surface area (Å²) in [6.07, 6.45) is 3.51. The highest BCUT2D eigenvalue weighted by Gasteiger charge is 2.16. The van der Waals surface area contributed by atoms with Crippen molar-refractivity contribution in [1.82, 2.24) is 5.32 Å². The van der Waals surface area contributed by atoms with Gasteiger partial charge in [-0.25, -0.2) is 9.79 Å². The van der Waals surface area contributed by atoms with E-state index in [2.05, 4.69) is 31.0 Å². The van der Waals surface area contributed by atoms with Crippen molar-refractivity contribution in [3.8, 4) is 11.9 Å². The molecule has 6 nitrogen and oxygen atoms in total. The molecule has 0 aromatic heterocycles. The topological polar surface area (TPSA) is 94.7 Å². The number of carbonyl (C=O) groups excluding carboxylic acids is 1. The van der Waals surface area contributed by atoms with Crippen molar-refractivity contribution in [2.45, 2.75) is 0 Å². The molecule has 8 heteroatoms. The fourth-order valence-electron chi connectivity index (χ4n) is 1.20. The van der Waals surface area contributed by atoms with E-state index in [1.54, 1.807) is 12.4 Å². The average molecular weight is 344 g/mol. The Labute approximate surface area is 122 Å². The lowest BCUT2D eigenvalue weighted by molar-refractivity contribution is 0.0597. The number of carbonyl (C=O) groups is 1. The molecule has 2 N–H and O–H groups in total. The molecule has 0 unspecified atom stereocenters. The second-order valence-electron chi connectivity index (χ2n) is 3.14. The molecule has 0 atom stereocenters. The maximum atomic E-state index is 11.4. The van der Waals surface area contributed by atoms with E-state index in [0.717, 1.165) is 0 Å². The molecule has 0 saturated heterocycles. The third-order valence-corrected chi connectivity index (χ3v) is 3.44. The van der Waals surface area contributed by atoms with E-state index >= 15 is 0 Å². The highest BCUT2D eigenvalue weighted by atomic mass is 79.9. The van der Waals surface area contributed by atoms with E-state index in [4.69, 9.17) is 5.26 Å². The summed E-state index contributed by atoms with van der Waals surface area (Å²) >= 11 is 4.39. The first-order chi connectivity index (χ1) is 9.04. The molecule has 0 amide bonds. The first-order valence-corrected chi connectivity index (χ1v) is 6.94. The molecular weight excluding hydrogens is 334 g/mol. The van der Waals surface area contributed by atoms with Crippen LogP contribution in [-0.2, 0) is 4.74 Å². The first-order valence-electron chi connectivity index (χ1n) is 4.92. The number of hydrogen-bond donors (Lipinski definition) is 2. The van der Waals surface area contributed by atoms with Gasteiger partial charge in [0.05, 0.1) is 17.3 Å². The molecule has 19 heavy (non-hydrogen) atoms. The van der Waals surface area contributed by atoms with Gasteiger partial charge in [-0.2, -0.15) is 5.26 Å². The molecule has 0 spiro atoms. The van der Waals surface area contributed by atoms with Gasteiger partial charge in [-0.15, -0.1) is 0 Å². The van der Waals surface area contributed by atoms with Crippen LogP contribution in [0.2, 0.25) is 0 Å². The summed E-state index contributed by atoms with van der Waals surface area (Å²) < 4.78 is 4.79. The summed E-state index contributed by atoms with van der Waals surface area (Å²) in [7, 11) is 1.23. The third kappa shape index (κ3) is 3.62. The normalized spacial score (nSPS) is 10.7. The quantitative estimate of drug-likeness (QED) is 0.281. The minimum Gasteiger partial charge on any atom is -0.506 e. The van der Waals surface area contributed by atoms with Crippen molar-refractivity contribution in [3.05, 3.63) is 22.2 Å². The Bertz CT molecular complexity index is 569. The summed E-state index contributed by atoms with van der Waals surface area (Å²) in [5, 5.41) is 21.2. The SMILES string of the molecule is COC(=O)c1ccc(N=C(NC#N)SC)c(Br)c1O. The largest absolute Gasteiger partial charge is 0.506 e. The number of methoxy groups -OCH3 is 1. The number of ether oxygens (including phenoxy) is 1. The number of benzene rings is 1. The molecule has 0 aliphatic rings. The molecule has 1 aromatic carbocycles. The van der Waals surface area contributed by atoms with Crippen LogP contribution < -0.4 is 5.32 Å². The van der Waals surface area contributed by atoms with Crippen LogP contribution in [0.15, 0.2) is 21.6 Å². The Morgan fingerprint density at radius 2 is 2.32 bits per heavy atom. The molecule has 1 aromatic rings. The molecule has 0 aliphatic heterocycles. The maximum absolute atomic E-state index is 11.4. The smallest absolute Gasteiger partial charge is 0.341 e. The van der Waals surface area contributed by atoms with Crippen LogP contribution in [-0.4, -0.2) is 29.6 Å². The summed E-state index contributed by atoms with van der Waals surface area (Å²) in [4.78, 5) is 15.5. The standard InChI is InChI=1S/C11H10BrN3O3S/c1-18-10(17)6-3-4-7(8(12)9(6)16)15-11(19-2)14-5-13/h3-4,16H,1-2H3,(H,14,15). The van der Waals surface area contributed by atoms with Crippen molar-refractivity contribution in [1.29, 1.82) is 5.26 Å². The van der Waals surface area contributed by atoms with Gasteiger partial charge in [0.2, 0.25) is 0 Å². The van der Waals surface area contributed by atoms with E-state index in [-0.39, 0.29) is 15.8 Å². The van der Waals surface area contributed by atoms with Crippen LogP contribution in [0.1, 0.15) is 10.4 Å². The molecule has 1 rings (SSSR count). The van der Waals surface area contributed by atoms with Gasteiger partial charge in [0.25, 0.3) is 0 Å².